The molecule has 34 heavy (non-hydrogen) atoms. The summed E-state index contributed by atoms with van der Waals surface area (Å²) in [4.78, 5) is 17.1. The van der Waals surface area contributed by atoms with Gasteiger partial charge in [-0.15, -0.1) is 0 Å². The number of hydrogen-bond donors (Lipinski definition) is 1. The molecular weight excluding hydrogens is 452 g/mol. The van der Waals surface area contributed by atoms with Crippen LogP contribution in [0.3, 0.4) is 0 Å². The third kappa shape index (κ3) is 5.26. The van der Waals surface area contributed by atoms with Crippen LogP contribution in [0.2, 0.25) is 0 Å². The number of aromatic nitrogens is 2. The van der Waals surface area contributed by atoms with Gasteiger partial charge in [0.2, 0.25) is 15.9 Å². The maximum absolute atomic E-state index is 13.6. The van der Waals surface area contributed by atoms with E-state index in [-0.39, 0.29) is 23.1 Å². The lowest BCUT2D eigenvalue weighted by atomic mass is 9.99. The molecule has 0 radical (unpaired) electrons. The summed E-state index contributed by atoms with van der Waals surface area (Å²) in [5, 5.41) is 6.70. The van der Waals surface area contributed by atoms with Crippen molar-refractivity contribution in [2.24, 2.45) is 5.92 Å². The van der Waals surface area contributed by atoms with Crippen molar-refractivity contribution in [3.8, 4) is 0 Å². The summed E-state index contributed by atoms with van der Waals surface area (Å²) >= 11 is 0. The number of carbonyl (C=O) groups excluding carboxylic acids is 1. The summed E-state index contributed by atoms with van der Waals surface area (Å²) in [6, 6.07) is 11.4. The van der Waals surface area contributed by atoms with Gasteiger partial charge in [-0.25, -0.2) is 13.4 Å². The lowest BCUT2D eigenvalue weighted by Crippen LogP contribution is -2.44. The highest BCUT2D eigenvalue weighted by molar-refractivity contribution is 7.89. The SMILES string of the molecule is Cc1ccc(/C=C/c2onc(C)c2S(=O)(=O)N2CCC[C@H](C(=O)Nc3ccc(C)cn3)C2)cc1. The second-order valence-corrected chi connectivity index (χ2v) is 10.5. The van der Waals surface area contributed by atoms with Gasteiger partial charge in [-0.1, -0.05) is 47.1 Å². The van der Waals surface area contributed by atoms with Crippen LogP contribution in [0.25, 0.3) is 12.2 Å². The molecular formula is C25H28N4O4S. The first-order chi connectivity index (χ1) is 16.2. The smallest absolute Gasteiger partial charge is 0.248 e. The minimum atomic E-state index is -3.91. The Balaban J connectivity index is 1.52. The van der Waals surface area contributed by atoms with Gasteiger partial charge in [0.1, 0.15) is 11.5 Å². The molecule has 0 bridgehead atoms. The molecule has 1 aromatic carbocycles. The average molecular weight is 481 g/mol. The number of hydrogen-bond acceptors (Lipinski definition) is 6. The normalized spacial score (nSPS) is 17.2. The number of rotatable bonds is 6. The van der Waals surface area contributed by atoms with Crippen molar-refractivity contribution in [2.45, 2.75) is 38.5 Å². The van der Waals surface area contributed by atoms with Crippen LogP contribution in [-0.4, -0.2) is 41.9 Å². The number of aryl methyl sites for hydroxylation is 3. The molecule has 1 aliphatic rings. The van der Waals surface area contributed by atoms with Gasteiger partial charge in [-0.05, 0) is 56.9 Å². The Morgan fingerprint density at radius 2 is 1.82 bits per heavy atom. The molecule has 1 fully saturated rings. The Hall–Kier alpha value is -3.30. The topological polar surface area (TPSA) is 105 Å². The van der Waals surface area contributed by atoms with Crippen molar-refractivity contribution in [3.63, 3.8) is 0 Å². The molecule has 1 amide bonds. The molecule has 0 aliphatic carbocycles. The molecule has 3 heterocycles. The van der Waals surface area contributed by atoms with E-state index in [1.54, 1.807) is 31.3 Å². The molecule has 2 aromatic heterocycles. The van der Waals surface area contributed by atoms with E-state index in [4.69, 9.17) is 4.52 Å². The fraction of sp³-hybridized carbons (Fsp3) is 0.320. The highest BCUT2D eigenvalue weighted by Gasteiger charge is 2.37. The van der Waals surface area contributed by atoms with Gasteiger partial charge in [0, 0.05) is 19.3 Å². The zero-order chi connectivity index (χ0) is 24.3. The maximum Gasteiger partial charge on any atom is 0.248 e. The first kappa shape index (κ1) is 23.8. The van der Waals surface area contributed by atoms with Gasteiger partial charge in [0.25, 0.3) is 0 Å². The van der Waals surface area contributed by atoms with Crippen molar-refractivity contribution >= 4 is 33.9 Å². The molecule has 0 saturated carbocycles. The van der Waals surface area contributed by atoms with E-state index in [9.17, 15) is 13.2 Å². The minimum absolute atomic E-state index is 0.0390. The standard InChI is InChI=1S/C25H28N4O4S/c1-17-6-9-20(10-7-17)11-12-22-24(19(3)28-33-22)34(31,32)29-14-4-5-21(16-29)25(30)27-23-13-8-18(2)15-26-23/h6-13,15,21H,4-5,14,16H2,1-3H3,(H,26,27,30)/b12-11+/t21-/m0/s1. The van der Waals surface area contributed by atoms with Crippen LogP contribution in [0.5, 0.6) is 0 Å². The van der Waals surface area contributed by atoms with Crippen molar-refractivity contribution in [3.05, 3.63) is 70.7 Å². The Bertz CT molecular complexity index is 1300. The largest absolute Gasteiger partial charge is 0.355 e. The van der Waals surface area contributed by atoms with Gasteiger partial charge in [-0.2, -0.15) is 4.31 Å². The lowest BCUT2D eigenvalue weighted by Gasteiger charge is -2.31. The molecule has 178 valence electrons. The van der Waals surface area contributed by atoms with Crippen LogP contribution in [0.1, 0.15) is 41.0 Å². The predicted octanol–water partition coefficient (Wildman–Crippen LogP) is 4.20. The van der Waals surface area contributed by atoms with Crippen LogP contribution in [0.4, 0.5) is 5.82 Å². The average Bonchev–Trinajstić information content (AvgIpc) is 3.21. The van der Waals surface area contributed by atoms with Crippen molar-refractivity contribution in [1.29, 1.82) is 0 Å². The van der Waals surface area contributed by atoms with Crippen molar-refractivity contribution < 1.29 is 17.7 Å². The molecule has 0 spiro atoms. The van der Waals surface area contributed by atoms with E-state index in [2.05, 4.69) is 15.5 Å². The van der Waals surface area contributed by atoms with Gasteiger partial charge >= 0.3 is 0 Å². The second-order valence-electron chi connectivity index (χ2n) is 8.62. The predicted molar refractivity (Wildman–Crippen MR) is 130 cm³/mol. The van der Waals surface area contributed by atoms with Gasteiger partial charge in [0.15, 0.2) is 10.7 Å². The van der Waals surface area contributed by atoms with E-state index < -0.39 is 15.9 Å². The van der Waals surface area contributed by atoms with Gasteiger partial charge in [0.05, 0.1) is 5.92 Å². The lowest BCUT2D eigenvalue weighted by molar-refractivity contribution is -0.120. The Morgan fingerprint density at radius 1 is 1.09 bits per heavy atom. The molecule has 1 saturated heterocycles. The molecule has 1 aliphatic heterocycles. The number of amides is 1. The monoisotopic (exact) mass is 480 g/mol. The molecule has 3 aromatic rings. The third-order valence-electron chi connectivity index (χ3n) is 5.85. The summed E-state index contributed by atoms with van der Waals surface area (Å²) in [6.07, 6.45) is 6.27. The molecule has 9 heteroatoms. The number of piperidine rings is 1. The molecule has 8 nitrogen and oxygen atoms in total. The molecule has 1 atom stereocenters. The number of nitrogens with one attached hydrogen (secondary N) is 1. The highest BCUT2D eigenvalue weighted by Crippen LogP contribution is 2.29. The van der Waals surface area contributed by atoms with E-state index in [1.807, 2.05) is 44.2 Å². The van der Waals surface area contributed by atoms with E-state index in [0.717, 1.165) is 16.7 Å². The van der Waals surface area contributed by atoms with Crippen LogP contribution >= 0.6 is 0 Å². The number of anilines is 1. The quantitative estimate of drug-likeness (QED) is 0.567. The summed E-state index contributed by atoms with van der Waals surface area (Å²) in [6.45, 7) is 5.95. The minimum Gasteiger partial charge on any atom is -0.355 e. The van der Waals surface area contributed by atoms with Crippen LogP contribution in [0.15, 0.2) is 52.0 Å². The third-order valence-corrected chi connectivity index (χ3v) is 7.88. The van der Waals surface area contributed by atoms with E-state index in [1.165, 1.54) is 4.31 Å². The van der Waals surface area contributed by atoms with Gasteiger partial charge in [-0.3, -0.25) is 4.79 Å². The Labute approximate surface area is 199 Å². The van der Waals surface area contributed by atoms with Crippen LogP contribution in [0, 0.1) is 26.7 Å². The second kappa shape index (κ2) is 9.90. The highest BCUT2D eigenvalue weighted by atomic mass is 32.2. The summed E-state index contributed by atoms with van der Waals surface area (Å²) in [5.41, 5.74) is 3.34. The summed E-state index contributed by atoms with van der Waals surface area (Å²) < 4.78 is 33.8. The molecule has 0 unspecified atom stereocenters. The number of carbonyl (C=O) groups is 1. The first-order valence-corrected chi connectivity index (χ1v) is 12.6. The number of sulfonamides is 1. The summed E-state index contributed by atoms with van der Waals surface area (Å²) in [5.74, 6) is -0.0846. The zero-order valence-electron chi connectivity index (χ0n) is 19.5. The number of benzene rings is 1. The molecule has 1 N–H and O–H groups in total. The zero-order valence-corrected chi connectivity index (χ0v) is 20.3. The van der Waals surface area contributed by atoms with Gasteiger partial charge < -0.3 is 9.84 Å². The summed E-state index contributed by atoms with van der Waals surface area (Å²) in [7, 11) is -3.91. The maximum atomic E-state index is 13.6. The van der Waals surface area contributed by atoms with E-state index in [0.29, 0.717) is 30.9 Å². The van der Waals surface area contributed by atoms with E-state index >= 15 is 0 Å². The number of nitrogens with zero attached hydrogens (tertiary/aromatic N) is 3. The molecule has 4 rings (SSSR count). The van der Waals surface area contributed by atoms with Crippen molar-refractivity contribution in [2.75, 3.05) is 18.4 Å². The first-order valence-electron chi connectivity index (χ1n) is 11.2. The van der Waals surface area contributed by atoms with Crippen molar-refractivity contribution in [1.82, 2.24) is 14.4 Å². The number of pyridine rings is 1. The fourth-order valence-electron chi connectivity index (χ4n) is 3.92. The Morgan fingerprint density at radius 3 is 2.53 bits per heavy atom. The fourth-order valence-corrected chi connectivity index (χ4v) is 5.70. The van der Waals surface area contributed by atoms with Crippen LogP contribution in [-0.2, 0) is 14.8 Å². The Kier molecular flexibility index (Phi) is 6.95. The van der Waals surface area contributed by atoms with Crippen LogP contribution < -0.4 is 5.32 Å².